The first-order chi connectivity index (χ1) is 12.1. The Kier molecular flexibility index (Phi) is 5.09. The van der Waals surface area contributed by atoms with Gasteiger partial charge in [-0.25, -0.2) is 4.79 Å². The lowest BCUT2D eigenvalue weighted by Gasteiger charge is -2.13. The number of hydrogen-bond acceptors (Lipinski definition) is 4. The molecule has 0 fully saturated rings. The van der Waals surface area contributed by atoms with Crippen LogP contribution in [0.3, 0.4) is 0 Å². The van der Waals surface area contributed by atoms with Crippen LogP contribution in [0, 0.1) is 6.92 Å². The number of fused-ring (bicyclic) bond motifs is 1. The average Bonchev–Trinajstić information content (AvgIpc) is 2.53. The van der Waals surface area contributed by atoms with Crippen molar-refractivity contribution in [1.82, 2.24) is 0 Å². The normalized spacial score (nSPS) is 13.2. The van der Waals surface area contributed by atoms with E-state index in [1.807, 2.05) is 0 Å². The summed E-state index contributed by atoms with van der Waals surface area (Å²) in [6.07, 6.45) is -3.07. The minimum absolute atomic E-state index is 0.149. The molecular formula is C18H13F3O3S2. The second kappa shape index (κ2) is 7.02. The zero-order chi connectivity index (χ0) is 19.1. The molecule has 0 saturated heterocycles. The van der Waals surface area contributed by atoms with Crippen LogP contribution in [0.25, 0.3) is 22.1 Å². The Bertz CT molecular complexity index is 1030. The quantitative estimate of drug-likeness (QED) is 0.347. The Balaban J connectivity index is 2.18. The molecule has 0 aliphatic heterocycles. The lowest BCUT2D eigenvalue weighted by atomic mass is 9.98. The van der Waals surface area contributed by atoms with Gasteiger partial charge in [-0.2, -0.15) is 13.2 Å². The number of halogens is 3. The van der Waals surface area contributed by atoms with Gasteiger partial charge in [0.05, 0.1) is 16.0 Å². The van der Waals surface area contributed by atoms with Crippen LogP contribution in [0.15, 0.2) is 56.6 Å². The molecule has 0 saturated carbocycles. The summed E-state index contributed by atoms with van der Waals surface area (Å²) in [6.45, 7) is 1.55. The van der Waals surface area contributed by atoms with Gasteiger partial charge in [0, 0.05) is 21.2 Å². The first kappa shape index (κ1) is 18.9. The molecule has 2 aromatic carbocycles. The molecule has 1 heterocycles. The average molecular weight is 398 g/mol. The molecular weight excluding hydrogens is 385 g/mol. The molecule has 0 amide bonds. The Hall–Kier alpha value is -1.90. The largest absolute Gasteiger partial charge is 0.605 e. The molecule has 0 N–H and O–H groups in total. The summed E-state index contributed by atoms with van der Waals surface area (Å²) in [7, 11) is -0.0539. The Morgan fingerprint density at radius 1 is 1.08 bits per heavy atom. The summed E-state index contributed by atoms with van der Waals surface area (Å²) in [6, 6.07) is 10.0. The standard InChI is InChI=1S/C18H13F3O3S2/c1-10-3-6-13(15(7-10)18(19,20)21)14-8-11-4-5-12(25-26(2)23)9-16(11)24-17(14)22/h3-9H,1-2H3. The van der Waals surface area contributed by atoms with Gasteiger partial charge in [-0.15, -0.1) is 0 Å². The number of aryl methyl sites for hydroxylation is 1. The van der Waals surface area contributed by atoms with Crippen molar-refractivity contribution in [2.24, 2.45) is 0 Å². The van der Waals surface area contributed by atoms with E-state index in [4.69, 9.17) is 4.42 Å². The fourth-order valence-electron chi connectivity index (χ4n) is 2.59. The van der Waals surface area contributed by atoms with Crippen LogP contribution < -0.4 is 5.63 Å². The molecule has 3 nitrogen and oxygen atoms in total. The Morgan fingerprint density at radius 3 is 2.46 bits per heavy atom. The molecule has 3 aromatic rings. The van der Waals surface area contributed by atoms with E-state index in [1.165, 1.54) is 24.5 Å². The molecule has 1 atom stereocenters. The number of alkyl halides is 3. The van der Waals surface area contributed by atoms with E-state index < -0.39 is 27.6 Å². The molecule has 0 aliphatic carbocycles. The second-order valence-corrected chi connectivity index (χ2v) is 9.03. The zero-order valence-corrected chi connectivity index (χ0v) is 15.3. The zero-order valence-electron chi connectivity index (χ0n) is 13.7. The third-order valence-corrected chi connectivity index (χ3v) is 5.65. The van der Waals surface area contributed by atoms with Gasteiger partial charge in [0.1, 0.15) is 22.6 Å². The topological polar surface area (TPSA) is 53.3 Å². The van der Waals surface area contributed by atoms with Crippen LogP contribution in [0.2, 0.25) is 0 Å². The minimum Gasteiger partial charge on any atom is -0.605 e. The van der Waals surface area contributed by atoms with E-state index in [2.05, 4.69) is 0 Å². The van der Waals surface area contributed by atoms with Crippen LogP contribution in [0.4, 0.5) is 13.2 Å². The molecule has 1 aromatic heterocycles. The van der Waals surface area contributed by atoms with Gasteiger partial charge >= 0.3 is 11.8 Å². The van der Waals surface area contributed by atoms with Crippen LogP contribution in [0.1, 0.15) is 11.1 Å². The van der Waals surface area contributed by atoms with Gasteiger partial charge in [0.15, 0.2) is 0 Å². The maximum Gasteiger partial charge on any atom is 0.417 e. The fraction of sp³-hybridized carbons (Fsp3) is 0.167. The molecule has 0 aliphatic rings. The Morgan fingerprint density at radius 2 is 1.81 bits per heavy atom. The van der Waals surface area contributed by atoms with Crippen LogP contribution >= 0.6 is 10.8 Å². The smallest absolute Gasteiger partial charge is 0.417 e. The van der Waals surface area contributed by atoms with E-state index in [-0.39, 0.29) is 16.7 Å². The van der Waals surface area contributed by atoms with Crippen molar-refractivity contribution in [2.45, 2.75) is 18.0 Å². The van der Waals surface area contributed by atoms with Crippen molar-refractivity contribution in [2.75, 3.05) is 6.26 Å². The van der Waals surface area contributed by atoms with Crippen molar-refractivity contribution < 1.29 is 22.1 Å². The highest BCUT2D eigenvalue weighted by atomic mass is 33.1. The van der Waals surface area contributed by atoms with Crippen molar-refractivity contribution in [3.8, 4) is 11.1 Å². The first-order valence-corrected chi connectivity index (χ1v) is 10.3. The third kappa shape index (κ3) is 3.92. The Labute approximate surface area is 153 Å². The predicted molar refractivity (Wildman–Crippen MR) is 97.6 cm³/mol. The van der Waals surface area contributed by atoms with Gasteiger partial charge in [-0.05, 0) is 37.3 Å². The monoisotopic (exact) mass is 398 g/mol. The summed E-state index contributed by atoms with van der Waals surface area (Å²) >= 11 is 0. The number of benzene rings is 2. The summed E-state index contributed by atoms with van der Waals surface area (Å²) < 4.78 is 56.6. The predicted octanol–water partition coefficient (Wildman–Crippen LogP) is 5.17. The summed E-state index contributed by atoms with van der Waals surface area (Å²) in [5.74, 6) is 0. The SMILES string of the molecule is Cc1ccc(-c2cc3ccc(S[S+](C)[O-])cc3oc2=O)c(C(F)(F)F)c1. The van der Waals surface area contributed by atoms with Gasteiger partial charge in [-0.3, -0.25) is 0 Å². The summed E-state index contributed by atoms with van der Waals surface area (Å²) in [5.41, 5.74) is -1.42. The number of rotatable bonds is 3. The molecule has 0 spiro atoms. The van der Waals surface area contributed by atoms with E-state index in [9.17, 15) is 22.5 Å². The molecule has 0 bridgehead atoms. The molecule has 3 rings (SSSR count). The van der Waals surface area contributed by atoms with E-state index in [0.29, 0.717) is 15.8 Å². The van der Waals surface area contributed by atoms with Gasteiger partial charge in [-0.1, -0.05) is 17.7 Å². The fourth-order valence-corrected chi connectivity index (χ4v) is 4.27. The highest BCUT2D eigenvalue weighted by Crippen LogP contribution is 2.37. The van der Waals surface area contributed by atoms with Crippen molar-refractivity contribution >= 4 is 32.0 Å². The highest BCUT2D eigenvalue weighted by Gasteiger charge is 2.34. The van der Waals surface area contributed by atoms with Gasteiger partial charge in [0.2, 0.25) is 0 Å². The number of hydrogen-bond donors (Lipinski definition) is 0. The van der Waals surface area contributed by atoms with E-state index in [1.54, 1.807) is 25.1 Å². The highest BCUT2D eigenvalue weighted by molar-refractivity contribution is 8.71. The van der Waals surface area contributed by atoms with E-state index >= 15 is 0 Å². The maximum absolute atomic E-state index is 13.4. The van der Waals surface area contributed by atoms with Crippen LogP contribution in [-0.4, -0.2) is 10.8 Å². The lowest BCUT2D eigenvalue weighted by molar-refractivity contribution is -0.137. The first-order valence-electron chi connectivity index (χ1n) is 7.43. The van der Waals surface area contributed by atoms with E-state index in [0.717, 1.165) is 16.9 Å². The molecule has 8 heteroatoms. The maximum atomic E-state index is 13.4. The van der Waals surface area contributed by atoms with Crippen molar-refractivity contribution in [1.29, 1.82) is 0 Å². The molecule has 26 heavy (non-hydrogen) atoms. The van der Waals surface area contributed by atoms with Gasteiger partial charge in [0.25, 0.3) is 0 Å². The summed E-state index contributed by atoms with van der Waals surface area (Å²) in [5, 5.41) is 0.486. The lowest BCUT2D eigenvalue weighted by Crippen LogP contribution is -2.11. The summed E-state index contributed by atoms with van der Waals surface area (Å²) in [4.78, 5) is 13.0. The second-order valence-electron chi connectivity index (χ2n) is 5.68. The molecule has 0 radical (unpaired) electrons. The third-order valence-electron chi connectivity index (χ3n) is 3.69. The molecule has 1 unspecified atom stereocenters. The van der Waals surface area contributed by atoms with Crippen molar-refractivity contribution in [3.05, 3.63) is 64.0 Å². The minimum atomic E-state index is -4.59. The van der Waals surface area contributed by atoms with Crippen molar-refractivity contribution in [3.63, 3.8) is 0 Å². The van der Waals surface area contributed by atoms with Crippen LogP contribution in [-0.2, 0) is 16.4 Å². The van der Waals surface area contributed by atoms with Gasteiger partial charge < -0.3 is 8.97 Å². The van der Waals surface area contributed by atoms with Crippen LogP contribution in [0.5, 0.6) is 0 Å². The molecule has 136 valence electrons.